The zero-order chi connectivity index (χ0) is 14.4. The number of carbonyl (C=O) groups is 1. The molecule has 2 rings (SSSR count). The maximum absolute atomic E-state index is 12.5. The highest BCUT2D eigenvalue weighted by Gasteiger charge is 2.29. The van der Waals surface area contributed by atoms with Gasteiger partial charge in [0, 0.05) is 26.3 Å². The van der Waals surface area contributed by atoms with Gasteiger partial charge in [-0.15, -0.1) is 12.4 Å². The van der Waals surface area contributed by atoms with Crippen LogP contribution in [0.1, 0.15) is 25.3 Å². The van der Waals surface area contributed by atoms with E-state index in [1.54, 1.807) is 0 Å². The third kappa shape index (κ3) is 4.99. The van der Waals surface area contributed by atoms with E-state index < -0.39 is 6.04 Å². The van der Waals surface area contributed by atoms with Crippen LogP contribution in [0.5, 0.6) is 0 Å². The average Bonchev–Trinajstić information content (AvgIpc) is 2.53. The molecule has 1 heterocycles. The van der Waals surface area contributed by atoms with E-state index in [1.807, 2.05) is 42.2 Å². The van der Waals surface area contributed by atoms with Crippen molar-refractivity contribution in [2.45, 2.75) is 32.4 Å². The van der Waals surface area contributed by atoms with Crippen LogP contribution in [-0.2, 0) is 16.1 Å². The highest BCUT2D eigenvalue weighted by atomic mass is 35.5. The van der Waals surface area contributed by atoms with Crippen molar-refractivity contribution in [2.75, 3.05) is 19.8 Å². The van der Waals surface area contributed by atoms with Gasteiger partial charge in [-0.05, 0) is 31.2 Å². The molecule has 1 aromatic rings. The number of benzene rings is 1. The summed E-state index contributed by atoms with van der Waals surface area (Å²) in [7, 11) is 0. The Morgan fingerprint density at radius 2 is 1.95 bits per heavy atom. The van der Waals surface area contributed by atoms with E-state index in [-0.39, 0.29) is 24.2 Å². The van der Waals surface area contributed by atoms with Crippen LogP contribution < -0.4 is 5.73 Å². The molecule has 1 aromatic carbocycles. The van der Waals surface area contributed by atoms with E-state index in [9.17, 15) is 4.79 Å². The molecule has 2 N–H and O–H groups in total. The summed E-state index contributed by atoms with van der Waals surface area (Å²) >= 11 is 0. The number of hydrogen-bond acceptors (Lipinski definition) is 3. The molecule has 1 aliphatic heterocycles. The number of nitrogens with zero attached hydrogens (tertiary/aromatic N) is 1. The van der Waals surface area contributed by atoms with Crippen molar-refractivity contribution in [2.24, 2.45) is 11.7 Å². The van der Waals surface area contributed by atoms with Gasteiger partial charge >= 0.3 is 0 Å². The van der Waals surface area contributed by atoms with Gasteiger partial charge in [0.05, 0.1) is 6.04 Å². The second kappa shape index (κ2) is 9.03. The summed E-state index contributed by atoms with van der Waals surface area (Å²) in [6, 6.07) is 9.64. The SMILES string of the molecule is CCN(Cc1ccccc1)C(=O)C(N)C1CCOCC1.Cl. The molecule has 0 spiro atoms. The molecule has 0 bridgehead atoms. The summed E-state index contributed by atoms with van der Waals surface area (Å²) in [6.45, 7) is 4.75. The van der Waals surface area contributed by atoms with Gasteiger partial charge in [0.25, 0.3) is 0 Å². The van der Waals surface area contributed by atoms with Crippen LogP contribution in [0.4, 0.5) is 0 Å². The number of halogens is 1. The van der Waals surface area contributed by atoms with E-state index >= 15 is 0 Å². The van der Waals surface area contributed by atoms with Crippen molar-refractivity contribution >= 4 is 18.3 Å². The van der Waals surface area contributed by atoms with Crippen molar-refractivity contribution in [1.82, 2.24) is 4.90 Å². The molecule has 0 saturated carbocycles. The Bertz CT molecular complexity index is 422. The highest BCUT2D eigenvalue weighted by molar-refractivity contribution is 5.85. The van der Waals surface area contributed by atoms with Crippen LogP contribution in [0.25, 0.3) is 0 Å². The predicted octanol–water partition coefficient (Wildman–Crippen LogP) is 2.21. The topological polar surface area (TPSA) is 55.6 Å². The molecule has 0 aliphatic carbocycles. The lowest BCUT2D eigenvalue weighted by Gasteiger charge is -2.31. The molecule has 5 heteroatoms. The summed E-state index contributed by atoms with van der Waals surface area (Å²) in [6.07, 6.45) is 1.77. The van der Waals surface area contributed by atoms with E-state index in [0.29, 0.717) is 13.1 Å². The van der Waals surface area contributed by atoms with Crippen molar-refractivity contribution in [3.05, 3.63) is 35.9 Å². The molecular formula is C16H25ClN2O2. The number of nitrogens with two attached hydrogens (primary N) is 1. The monoisotopic (exact) mass is 312 g/mol. The minimum absolute atomic E-state index is 0. The minimum atomic E-state index is -0.400. The number of ether oxygens (including phenoxy) is 1. The normalized spacial score (nSPS) is 16.9. The number of carbonyl (C=O) groups excluding carboxylic acids is 1. The van der Waals surface area contributed by atoms with Crippen LogP contribution in [-0.4, -0.2) is 36.6 Å². The van der Waals surface area contributed by atoms with Crippen molar-refractivity contribution in [1.29, 1.82) is 0 Å². The summed E-state index contributed by atoms with van der Waals surface area (Å²) in [4.78, 5) is 14.4. The summed E-state index contributed by atoms with van der Waals surface area (Å²) in [5.74, 6) is 0.310. The summed E-state index contributed by atoms with van der Waals surface area (Å²) < 4.78 is 5.33. The molecule has 118 valence electrons. The summed E-state index contributed by atoms with van der Waals surface area (Å²) in [5.41, 5.74) is 7.32. The molecule has 1 atom stereocenters. The first-order chi connectivity index (χ1) is 9.72. The van der Waals surface area contributed by atoms with Gasteiger partial charge in [-0.3, -0.25) is 4.79 Å². The Labute approximate surface area is 133 Å². The Hall–Kier alpha value is -1.10. The number of hydrogen-bond donors (Lipinski definition) is 1. The predicted molar refractivity (Wildman–Crippen MR) is 86.3 cm³/mol. The molecule has 0 radical (unpaired) electrons. The average molecular weight is 313 g/mol. The van der Waals surface area contributed by atoms with Gasteiger partial charge in [0.1, 0.15) is 0 Å². The standard InChI is InChI=1S/C16H24N2O2.ClH/c1-2-18(12-13-6-4-3-5-7-13)16(19)15(17)14-8-10-20-11-9-14;/h3-7,14-15H,2,8-12,17H2,1H3;1H. The van der Waals surface area contributed by atoms with Crippen LogP contribution in [0, 0.1) is 5.92 Å². The Balaban J connectivity index is 0.00000220. The van der Waals surface area contributed by atoms with Crippen molar-refractivity contribution < 1.29 is 9.53 Å². The third-order valence-corrected chi connectivity index (χ3v) is 3.97. The molecule has 1 unspecified atom stereocenters. The zero-order valence-electron chi connectivity index (χ0n) is 12.5. The fourth-order valence-corrected chi connectivity index (χ4v) is 2.64. The van der Waals surface area contributed by atoms with Gasteiger partial charge in [0.2, 0.25) is 5.91 Å². The lowest BCUT2D eigenvalue weighted by Crippen LogP contribution is -2.48. The van der Waals surface area contributed by atoms with Crippen molar-refractivity contribution in [3.63, 3.8) is 0 Å². The first-order valence-corrected chi connectivity index (χ1v) is 7.38. The molecule has 1 saturated heterocycles. The fraction of sp³-hybridized carbons (Fsp3) is 0.562. The molecule has 1 amide bonds. The Morgan fingerprint density at radius 1 is 1.33 bits per heavy atom. The van der Waals surface area contributed by atoms with E-state index in [0.717, 1.165) is 31.6 Å². The molecule has 21 heavy (non-hydrogen) atoms. The van der Waals surface area contributed by atoms with Crippen LogP contribution in [0.3, 0.4) is 0 Å². The van der Waals surface area contributed by atoms with Gasteiger partial charge < -0.3 is 15.4 Å². The third-order valence-electron chi connectivity index (χ3n) is 3.97. The molecule has 1 aliphatic rings. The second-order valence-electron chi connectivity index (χ2n) is 5.31. The lowest BCUT2D eigenvalue weighted by atomic mass is 9.91. The number of rotatable bonds is 5. The van der Waals surface area contributed by atoms with Gasteiger partial charge in [0.15, 0.2) is 0 Å². The van der Waals surface area contributed by atoms with Gasteiger partial charge in [-0.2, -0.15) is 0 Å². The minimum Gasteiger partial charge on any atom is -0.381 e. The Kier molecular flexibility index (Phi) is 7.72. The molecular weight excluding hydrogens is 288 g/mol. The fourth-order valence-electron chi connectivity index (χ4n) is 2.64. The van der Waals surface area contributed by atoms with Gasteiger partial charge in [-0.25, -0.2) is 0 Å². The molecule has 4 nitrogen and oxygen atoms in total. The van der Waals surface area contributed by atoms with Crippen LogP contribution in [0.2, 0.25) is 0 Å². The van der Waals surface area contributed by atoms with Crippen LogP contribution in [0.15, 0.2) is 30.3 Å². The molecule has 0 aromatic heterocycles. The first kappa shape index (κ1) is 18.0. The van der Waals surface area contributed by atoms with Crippen molar-refractivity contribution in [3.8, 4) is 0 Å². The van der Waals surface area contributed by atoms with E-state index in [4.69, 9.17) is 10.5 Å². The summed E-state index contributed by atoms with van der Waals surface area (Å²) in [5, 5.41) is 0. The second-order valence-corrected chi connectivity index (χ2v) is 5.31. The van der Waals surface area contributed by atoms with Gasteiger partial charge in [-0.1, -0.05) is 30.3 Å². The largest absolute Gasteiger partial charge is 0.381 e. The number of amides is 1. The Morgan fingerprint density at radius 3 is 2.52 bits per heavy atom. The lowest BCUT2D eigenvalue weighted by molar-refractivity contribution is -0.135. The van der Waals surface area contributed by atoms with Crippen LogP contribution >= 0.6 is 12.4 Å². The zero-order valence-corrected chi connectivity index (χ0v) is 13.3. The quantitative estimate of drug-likeness (QED) is 0.907. The van der Waals surface area contributed by atoms with E-state index in [1.165, 1.54) is 0 Å². The first-order valence-electron chi connectivity index (χ1n) is 7.38. The highest BCUT2D eigenvalue weighted by Crippen LogP contribution is 2.19. The van der Waals surface area contributed by atoms with E-state index in [2.05, 4.69) is 0 Å². The maximum Gasteiger partial charge on any atom is 0.240 e. The molecule has 1 fully saturated rings. The maximum atomic E-state index is 12.5. The number of likely N-dealkylation sites (N-methyl/N-ethyl adjacent to an activating group) is 1. The smallest absolute Gasteiger partial charge is 0.240 e.